The third-order valence-corrected chi connectivity index (χ3v) is 1.68. The van der Waals surface area contributed by atoms with E-state index in [0.717, 1.165) is 12.0 Å². The van der Waals surface area contributed by atoms with Crippen molar-refractivity contribution in [1.82, 2.24) is 4.98 Å². The molecule has 0 fully saturated rings. The average molecular weight is 151 g/mol. The maximum Gasteiger partial charge on any atom is 0.123 e. The molecule has 11 heavy (non-hydrogen) atoms. The molecule has 0 aliphatic rings. The highest BCUT2D eigenvalue weighted by Gasteiger charge is 2.01. The van der Waals surface area contributed by atoms with Crippen LogP contribution in [0.5, 0.6) is 0 Å². The van der Waals surface area contributed by atoms with Gasteiger partial charge in [-0.05, 0) is 18.1 Å². The fraction of sp³-hybridized carbons (Fsp3) is 0.375. The van der Waals surface area contributed by atoms with Gasteiger partial charge < -0.3 is 11.5 Å². The molecule has 0 aliphatic carbocycles. The molecule has 1 aromatic heterocycles. The molecule has 1 aromatic rings. The molecule has 0 aromatic carbocycles. The van der Waals surface area contributed by atoms with Crippen molar-refractivity contribution in [1.29, 1.82) is 0 Å². The van der Waals surface area contributed by atoms with Gasteiger partial charge in [0.1, 0.15) is 5.82 Å². The first-order valence-corrected chi connectivity index (χ1v) is 3.71. The Morgan fingerprint density at radius 2 is 2.27 bits per heavy atom. The van der Waals surface area contributed by atoms with Gasteiger partial charge in [0.15, 0.2) is 0 Å². The van der Waals surface area contributed by atoms with Gasteiger partial charge in [-0.2, -0.15) is 0 Å². The van der Waals surface area contributed by atoms with Crippen LogP contribution in [0.2, 0.25) is 0 Å². The number of nitrogens with two attached hydrogens (primary N) is 2. The summed E-state index contributed by atoms with van der Waals surface area (Å²) in [5.41, 5.74) is 12.2. The minimum absolute atomic E-state index is 0.0862. The van der Waals surface area contributed by atoms with Crippen LogP contribution in [0, 0.1) is 0 Å². The van der Waals surface area contributed by atoms with E-state index in [1.807, 2.05) is 13.0 Å². The number of anilines is 1. The number of hydrogen-bond donors (Lipinski definition) is 2. The normalized spacial score (nSPS) is 12.9. The molecule has 3 heteroatoms. The van der Waals surface area contributed by atoms with Crippen molar-refractivity contribution >= 4 is 5.82 Å². The second-order valence-corrected chi connectivity index (χ2v) is 2.53. The summed E-state index contributed by atoms with van der Waals surface area (Å²) in [5, 5.41) is 0. The van der Waals surface area contributed by atoms with Gasteiger partial charge in [-0.25, -0.2) is 4.98 Å². The predicted molar refractivity (Wildman–Crippen MR) is 45.9 cm³/mol. The zero-order valence-electron chi connectivity index (χ0n) is 6.62. The zero-order valence-corrected chi connectivity index (χ0v) is 6.62. The van der Waals surface area contributed by atoms with Crippen LogP contribution in [0.25, 0.3) is 0 Å². The van der Waals surface area contributed by atoms with Gasteiger partial charge in [-0.15, -0.1) is 0 Å². The van der Waals surface area contributed by atoms with Crippen molar-refractivity contribution in [3.8, 4) is 0 Å². The Morgan fingerprint density at radius 1 is 1.55 bits per heavy atom. The van der Waals surface area contributed by atoms with Crippen LogP contribution in [0.1, 0.15) is 24.9 Å². The Balaban J connectivity index is 2.81. The fourth-order valence-corrected chi connectivity index (χ4v) is 0.872. The van der Waals surface area contributed by atoms with Crippen LogP contribution in [0.4, 0.5) is 5.82 Å². The third kappa shape index (κ3) is 1.91. The molecular weight excluding hydrogens is 138 g/mol. The highest BCUT2D eigenvalue weighted by atomic mass is 14.8. The number of hydrogen-bond acceptors (Lipinski definition) is 3. The van der Waals surface area contributed by atoms with Crippen LogP contribution >= 0.6 is 0 Å². The van der Waals surface area contributed by atoms with E-state index in [-0.39, 0.29) is 6.04 Å². The van der Waals surface area contributed by atoms with Crippen molar-refractivity contribution in [2.75, 3.05) is 5.73 Å². The molecule has 1 rings (SSSR count). The van der Waals surface area contributed by atoms with Crippen LogP contribution in [-0.2, 0) is 0 Å². The SMILES string of the molecule is CC[C@H](N)c1ccc(N)nc1. The molecule has 0 unspecified atom stereocenters. The Bertz CT molecular complexity index is 217. The minimum atomic E-state index is 0.0862. The summed E-state index contributed by atoms with van der Waals surface area (Å²) in [6.07, 6.45) is 2.65. The number of nitrogens with zero attached hydrogens (tertiary/aromatic N) is 1. The Hall–Kier alpha value is -1.09. The average Bonchev–Trinajstić information content (AvgIpc) is 2.05. The monoisotopic (exact) mass is 151 g/mol. The lowest BCUT2D eigenvalue weighted by molar-refractivity contribution is 0.695. The van der Waals surface area contributed by atoms with Crippen molar-refractivity contribution < 1.29 is 0 Å². The topological polar surface area (TPSA) is 64.9 Å². The van der Waals surface area contributed by atoms with Crippen molar-refractivity contribution in [3.05, 3.63) is 23.9 Å². The molecule has 1 heterocycles. The van der Waals surface area contributed by atoms with Gasteiger partial charge in [-0.3, -0.25) is 0 Å². The predicted octanol–water partition coefficient (Wildman–Crippen LogP) is 1.07. The quantitative estimate of drug-likeness (QED) is 0.664. The molecule has 3 nitrogen and oxygen atoms in total. The summed E-state index contributed by atoms with van der Waals surface area (Å²) in [5.74, 6) is 0.539. The van der Waals surface area contributed by atoms with Gasteiger partial charge in [-0.1, -0.05) is 13.0 Å². The summed E-state index contributed by atoms with van der Waals surface area (Å²) >= 11 is 0. The molecule has 0 spiro atoms. The number of pyridine rings is 1. The Kier molecular flexibility index (Phi) is 2.44. The summed E-state index contributed by atoms with van der Waals surface area (Å²) in [7, 11) is 0. The highest BCUT2D eigenvalue weighted by molar-refractivity contribution is 5.30. The molecule has 0 radical (unpaired) electrons. The lowest BCUT2D eigenvalue weighted by Gasteiger charge is -2.07. The van der Waals surface area contributed by atoms with Crippen LogP contribution in [0.3, 0.4) is 0 Å². The summed E-state index contributed by atoms with van der Waals surface area (Å²) in [6, 6.07) is 3.77. The van der Waals surface area contributed by atoms with E-state index in [0.29, 0.717) is 5.82 Å². The van der Waals surface area contributed by atoms with Crippen LogP contribution < -0.4 is 11.5 Å². The molecule has 60 valence electrons. The van der Waals surface area contributed by atoms with E-state index in [9.17, 15) is 0 Å². The van der Waals surface area contributed by atoms with Gasteiger partial charge in [0.2, 0.25) is 0 Å². The van der Waals surface area contributed by atoms with E-state index in [1.54, 1.807) is 12.3 Å². The molecular formula is C8H13N3. The molecule has 0 amide bonds. The zero-order chi connectivity index (χ0) is 8.27. The lowest BCUT2D eigenvalue weighted by Crippen LogP contribution is -2.08. The fourth-order valence-electron chi connectivity index (χ4n) is 0.872. The molecule has 0 saturated heterocycles. The van der Waals surface area contributed by atoms with Gasteiger partial charge >= 0.3 is 0 Å². The van der Waals surface area contributed by atoms with Crippen molar-refractivity contribution in [2.24, 2.45) is 5.73 Å². The Morgan fingerprint density at radius 3 is 2.73 bits per heavy atom. The number of rotatable bonds is 2. The third-order valence-electron chi connectivity index (χ3n) is 1.68. The van der Waals surface area contributed by atoms with Gasteiger partial charge in [0.05, 0.1) is 0 Å². The Labute approximate surface area is 66.4 Å². The van der Waals surface area contributed by atoms with Crippen LogP contribution in [0.15, 0.2) is 18.3 Å². The van der Waals surface area contributed by atoms with Gasteiger partial charge in [0.25, 0.3) is 0 Å². The molecule has 0 aliphatic heterocycles. The smallest absolute Gasteiger partial charge is 0.123 e. The molecule has 0 saturated carbocycles. The minimum Gasteiger partial charge on any atom is -0.384 e. The van der Waals surface area contributed by atoms with Crippen LogP contribution in [-0.4, -0.2) is 4.98 Å². The van der Waals surface area contributed by atoms with Crippen molar-refractivity contribution in [2.45, 2.75) is 19.4 Å². The van der Waals surface area contributed by atoms with E-state index in [2.05, 4.69) is 4.98 Å². The maximum absolute atomic E-state index is 5.76. The second kappa shape index (κ2) is 3.34. The molecule has 1 atom stereocenters. The first-order valence-electron chi connectivity index (χ1n) is 3.71. The van der Waals surface area contributed by atoms with E-state index >= 15 is 0 Å². The summed E-state index contributed by atoms with van der Waals surface area (Å²) < 4.78 is 0. The van der Waals surface area contributed by atoms with Crippen molar-refractivity contribution in [3.63, 3.8) is 0 Å². The van der Waals surface area contributed by atoms with E-state index < -0.39 is 0 Å². The highest BCUT2D eigenvalue weighted by Crippen LogP contribution is 2.12. The second-order valence-electron chi connectivity index (χ2n) is 2.53. The maximum atomic E-state index is 5.76. The largest absolute Gasteiger partial charge is 0.384 e. The molecule has 0 bridgehead atoms. The summed E-state index contributed by atoms with van der Waals surface area (Å²) in [6.45, 7) is 2.04. The lowest BCUT2D eigenvalue weighted by atomic mass is 10.1. The molecule has 4 N–H and O–H groups in total. The number of aromatic nitrogens is 1. The standard InChI is InChI=1S/C8H13N3/c1-2-7(9)6-3-4-8(10)11-5-6/h3-5,7H,2,9H2,1H3,(H2,10,11)/t7-/m0/s1. The summed E-state index contributed by atoms with van der Waals surface area (Å²) in [4.78, 5) is 3.95. The first kappa shape index (κ1) is 8.01. The van der Waals surface area contributed by atoms with Gasteiger partial charge in [0, 0.05) is 12.2 Å². The first-order chi connectivity index (χ1) is 5.24. The number of nitrogen functional groups attached to an aromatic ring is 1. The van der Waals surface area contributed by atoms with E-state index in [1.165, 1.54) is 0 Å². The van der Waals surface area contributed by atoms with E-state index in [4.69, 9.17) is 11.5 Å².